The highest BCUT2D eigenvalue weighted by Gasteiger charge is 2.37. The highest BCUT2D eigenvalue weighted by Crippen LogP contribution is 2.26. The zero-order valence-corrected chi connectivity index (χ0v) is 13.2. The molecule has 114 valence electrons. The molecule has 2 amide bonds. The average molecular weight is 288 g/mol. The number of carbonyl (C=O) groups is 2. The summed E-state index contributed by atoms with van der Waals surface area (Å²) in [5.41, 5.74) is 2.24. The van der Waals surface area contributed by atoms with E-state index in [0.717, 1.165) is 17.5 Å². The molecule has 4 heteroatoms. The zero-order chi connectivity index (χ0) is 15.6. The number of amides is 2. The summed E-state index contributed by atoms with van der Waals surface area (Å²) in [6.07, 6.45) is 0.864. The molecular formula is C17H24N2O2. The van der Waals surface area contributed by atoms with Gasteiger partial charge in [-0.3, -0.25) is 9.59 Å². The topological polar surface area (TPSA) is 49.4 Å². The maximum Gasteiger partial charge on any atom is 0.246 e. The van der Waals surface area contributed by atoms with Crippen LogP contribution in [0.5, 0.6) is 0 Å². The van der Waals surface area contributed by atoms with Crippen molar-refractivity contribution in [3.8, 4) is 0 Å². The maximum atomic E-state index is 12.7. The van der Waals surface area contributed by atoms with Gasteiger partial charge in [0.2, 0.25) is 11.8 Å². The molecule has 1 heterocycles. The van der Waals surface area contributed by atoms with Gasteiger partial charge in [-0.15, -0.1) is 0 Å². The lowest BCUT2D eigenvalue weighted by Crippen LogP contribution is -2.60. The molecule has 0 radical (unpaired) electrons. The van der Waals surface area contributed by atoms with Crippen molar-refractivity contribution in [2.45, 2.75) is 46.2 Å². The number of benzene rings is 1. The molecule has 1 fully saturated rings. The van der Waals surface area contributed by atoms with Gasteiger partial charge in [-0.1, -0.05) is 44.5 Å². The van der Waals surface area contributed by atoms with E-state index in [1.54, 1.807) is 4.90 Å². The van der Waals surface area contributed by atoms with Crippen LogP contribution in [0.25, 0.3) is 0 Å². The molecule has 2 rings (SSSR count). The molecule has 1 N–H and O–H groups in total. The lowest BCUT2D eigenvalue weighted by atomic mass is 9.94. The second kappa shape index (κ2) is 6.29. The van der Waals surface area contributed by atoms with Gasteiger partial charge < -0.3 is 10.2 Å². The monoisotopic (exact) mass is 288 g/mol. The van der Waals surface area contributed by atoms with E-state index in [1.807, 2.05) is 52.0 Å². The lowest BCUT2D eigenvalue weighted by Gasteiger charge is -2.39. The number of nitrogens with one attached hydrogen (secondary N) is 1. The van der Waals surface area contributed by atoms with Gasteiger partial charge in [0, 0.05) is 0 Å². The van der Waals surface area contributed by atoms with Crippen molar-refractivity contribution in [3.05, 3.63) is 35.4 Å². The van der Waals surface area contributed by atoms with Crippen LogP contribution in [0.3, 0.4) is 0 Å². The zero-order valence-electron chi connectivity index (χ0n) is 13.2. The van der Waals surface area contributed by atoms with Crippen LogP contribution in [0.4, 0.5) is 0 Å². The fourth-order valence-electron chi connectivity index (χ4n) is 2.86. The predicted molar refractivity (Wildman–Crippen MR) is 82.7 cm³/mol. The van der Waals surface area contributed by atoms with Gasteiger partial charge in [-0.2, -0.15) is 0 Å². The van der Waals surface area contributed by atoms with Gasteiger partial charge in [0.05, 0.1) is 6.04 Å². The van der Waals surface area contributed by atoms with Gasteiger partial charge in [0.1, 0.15) is 12.6 Å². The fourth-order valence-corrected chi connectivity index (χ4v) is 2.86. The third-order valence-electron chi connectivity index (χ3n) is 4.50. The number of nitrogens with zero attached hydrogens (tertiary/aromatic N) is 1. The van der Waals surface area contributed by atoms with Gasteiger partial charge >= 0.3 is 0 Å². The second-order valence-electron chi connectivity index (χ2n) is 5.93. The minimum atomic E-state index is -0.400. The Hall–Kier alpha value is -1.84. The maximum absolute atomic E-state index is 12.7. The molecule has 1 aliphatic rings. The molecule has 21 heavy (non-hydrogen) atoms. The molecule has 0 aliphatic carbocycles. The van der Waals surface area contributed by atoms with Crippen molar-refractivity contribution in [1.82, 2.24) is 10.2 Å². The Labute approximate surface area is 126 Å². The molecule has 1 aromatic carbocycles. The molecule has 1 aromatic rings. The molecule has 0 aromatic heterocycles. The first kappa shape index (κ1) is 15.5. The number of piperazine rings is 1. The van der Waals surface area contributed by atoms with Crippen molar-refractivity contribution in [1.29, 1.82) is 0 Å². The van der Waals surface area contributed by atoms with Crippen LogP contribution < -0.4 is 5.32 Å². The summed E-state index contributed by atoms with van der Waals surface area (Å²) in [5.74, 6) is 0.105. The van der Waals surface area contributed by atoms with Crippen molar-refractivity contribution in [3.63, 3.8) is 0 Å². The van der Waals surface area contributed by atoms with Crippen molar-refractivity contribution in [2.24, 2.45) is 5.92 Å². The van der Waals surface area contributed by atoms with E-state index in [4.69, 9.17) is 0 Å². The van der Waals surface area contributed by atoms with Crippen molar-refractivity contribution in [2.75, 3.05) is 6.54 Å². The van der Waals surface area contributed by atoms with E-state index in [2.05, 4.69) is 5.32 Å². The van der Waals surface area contributed by atoms with Crippen LogP contribution in [0, 0.1) is 12.8 Å². The number of carbonyl (C=O) groups excluding carboxylic acids is 2. The highest BCUT2D eigenvalue weighted by molar-refractivity contribution is 5.95. The summed E-state index contributed by atoms with van der Waals surface area (Å²) < 4.78 is 0. The number of rotatable bonds is 4. The van der Waals surface area contributed by atoms with E-state index in [9.17, 15) is 9.59 Å². The van der Waals surface area contributed by atoms with Gasteiger partial charge in [0.15, 0.2) is 0 Å². The van der Waals surface area contributed by atoms with E-state index in [0.29, 0.717) is 0 Å². The van der Waals surface area contributed by atoms with Crippen molar-refractivity contribution < 1.29 is 9.59 Å². The fraction of sp³-hybridized carbons (Fsp3) is 0.529. The lowest BCUT2D eigenvalue weighted by molar-refractivity contribution is -0.148. The van der Waals surface area contributed by atoms with E-state index in [1.165, 1.54) is 0 Å². The molecule has 1 saturated heterocycles. The first-order valence-electron chi connectivity index (χ1n) is 7.61. The van der Waals surface area contributed by atoms with Crippen LogP contribution in [-0.2, 0) is 9.59 Å². The molecule has 0 bridgehead atoms. The molecule has 0 spiro atoms. The first-order chi connectivity index (χ1) is 9.95. The van der Waals surface area contributed by atoms with E-state index < -0.39 is 6.04 Å². The quantitative estimate of drug-likeness (QED) is 0.925. The smallest absolute Gasteiger partial charge is 0.246 e. The first-order valence-corrected chi connectivity index (χ1v) is 7.61. The summed E-state index contributed by atoms with van der Waals surface area (Å²) >= 11 is 0. The Kier molecular flexibility index (Phi) is 4.66. The Morgan fingerprint density at radius 3 is 2.57 bits per heavy atom. The third-order valence-corrected chi connectivity index (χ3v) is 4.50. The largest absolute Gasteiger partial charge is 0.342 e. The summed E-state index contributed by atoms with van der Waals surface area (Å²) in [4.78, 5) is 26.4. The SMILES string of the molecule is CCC(C)C1NC(=O)CN(C(C)c2ccccc2C)C1=O. The number of hydrogen-bond donors (Lipinski definition) is 1. The molecule has 3 atom stereocenters. The molecule has 4 nitrogen and oxygen atoms in total. The Morgan fingerprint density at radius 1 is 1.29 bits per heavy atom. The van der Waals surface area contributed by atoms with Crippen LogP contribution >= 0.6 is 0 Å². The number of hydrogen-bond acceptors (Lipinski definition) is 2. The normalized spacial score (nSPS) is 21.9. The van der Waals surface area contributed by atoms with Crippen molar-refractivity contribution >= 4 is 11.8 Å². The standard InChI is InChI=1S/C17H24N2O2/c1-5-11(2)16-17(21)19(10-15(20)18-16)13(4)14-9-7-6-8-12(14)3/h6-9,11,13,16H,5,10H2,1-4H3,(H,18,20). The Morgan fingerprint density at radius 2 is 1.95 bits per heavy atom. The number of aryl methyl sites for hydroxylation is 1. The van der Waals surface area contributed by atoms with Crippen LogP contribution in [0.2, 0.25) is 0 Å². The predicted octanol–water partition coefficient (Wildman–Crippen LogP) is 2.43. The van der Waals surface area contributed by atoms with Gasteiger partial charge in [-0.05, 0) is 30.9 Å². The third kappa shape index (κ3) is 3.09. The summed E-state index contributed by atoms with van der Waals surface area (Å²) in [5, 5.41) is 2.84. The minimum Gasteiger partial charge on any atom is -0.342 e. The summed E-state index contributed by atoms with van der Waals surface area (Å²) in [6, 6.07) is 7.53. The van der Waals surface area contributed by atoms with E-state index in [-0.39, 0.29) is 30.3 Å². The van der Waals surface area contributed by atoms with Gasteiger partial charge in [-0.25, -0.2) is 0 Å². The molecular weight excluding hydrogens is 264 g/mol. The Balaban J connectivity index is 2.27. The minimum absolute atomic E-state index is 0.0275. The van der Waals surface area contributed by atoms with Crippen LogP contribution in [-0.4, -0.2) is 29.3 Å². The second-order valence-corrected chi connectivity index (χ2v) is 5.93. The summed E-state index contributed by atoms with van der Waals surface area (Å²) in [7, 11) is 0. The highest BCUT2D eigenvalue weighted by atomic mass is 16.2. The molecule has 3 unspecified atom stereocenters. The van der Waals surface area contributed by atoms with Crippen LogP contribution in [0.15, 0.2) is 24.3 Å². The van der Waals surface area contributed by atoms with Gasteiger partial charge in [0.25, 0.3) is 0 Å². The Bertz CT molecular complexity index is 541. The average Bonchev–Trinajstić information content (AvgIpc) is 2.48. The molecule has 0 saturated carbocycles. The van der Waals surface area contributed by atoms with E-state index >= 15 is 0 Å². The summed E-state index contributed by atoms with van der Waals surface area (Å²) in [6.45, 7) is 8.21. The van der Waals surface area contributed by atoms with Crippen LogP contribution in [0.1, 0.15) is 44.4 Å². The molecule has 1 aliphatic heterocycles.